The molecule has 1 aromatic heterocycles. The van der Waals surface area contributed by atoms with Crippen LogP contribution in [0.5, 0.6) is 0 Å². The van der Waals surface area contributed by atoms with Gasteiger partial charge in [-0.25, -0.2) is 0 Å². The number of hydrogen-bond acceptors (Lipinski definition) is 3. The van der Waals surface area contributed by atoms with Gasteiger partial charge >= 0.3 is 0 Å². The molecule has 3 heteroatoms. The minimum atomic E-state index is 0.412. The summed E-state index contributed by atoms with van der Waals surface area (Å²) in [4.78, 5) is 0. The maximum absolute atomic E-state index is 5.70. The first-order valence-corrected chi connectivity index (χ1v) is 5.99. The van der Waals surface area contributed by atoms with Crippen LogP contribution >= 0.6 is 0 Å². The van der Waals surface area contributed by atoms with Crippen LogP contribution in [0.25, 0.3) is 11.0 Å². The van der Waals surface area contributed by atoms with E-state index < -0.39 is 0 Å². The van der Waals surface area contributed by atoms with Crippen LogP contribution in [-0.4, -0.2) is 6.61 Å². The Kier molecular flexibility index (Phi) is 3.82. The van der Waals surface area contributed by atoms with Crippen LogP contribution in [0.4, 0.5) is 0 Å². The van der Waals surface area contributed by atoms with E-state index in [1.165, 1.54) is 0 Å². The SMILES string of the molecule is CC(C)COCc1c(CN)oc2ccccc12. The third kappa shape index (κ3) is 2.68. The first kappa shape index (κ1) is 12.1. The van der Waals surface area contributed by atoms with Gasteiger partial charge in [-0.3, -0.25) is 0 Å². The third-order valence-corrected chi connectivity index (χ3v) is 2.66. The maximum Gasteiger partial charge on any atom is 0.134 e. The zero-order valence-electron chi connectivity index (χ0n) is 10.4. The third-order valence-electron chi connectivity index (χ3n) is 2.66. The number of furan rings is 1. The number of benzene rings is 1. The van der Waals surface area contributed by atoms with Crippen LogP contribution in [0.1, 0.15) is 25.2 Å². The number of para-hydroxylation sites is 1. The number of fused-ring (bicyclic) bond motifs is 1. The Hall–Kier alpha value is -1.32. The van der Waals surface area contributed by atoms with Crippen molar-refractivity contribution in [2.45, 2.75) is 27.0 Å². The maximum atomic E-state index is 5.70. The highest BCUT2D eigenvalue weighted by Gasteiger charge is 2.12. The minimum Gasteiger partial charge on any atom is -0.459 e. The normalized spacial score (nSPS) is 11.5. The number of nitrogens with two attached hydrogens (primary N) is 1. The second kappa shape index (κ2) is 5.34. The zero-order chi connectivity index (χ0) is 12.3. The van der Waals surface area contributed by atoms with Gasteiger partial charge in [-0.15, -0.1) is 0 Å². The van der Waals surface area contributed by atoms with E-state index in [1.807, 2.05) is 24.3 Å². The number of hydrogen-bond donors (Lipinski definition) is 1. The highest BCUT2D eigenvalue weighted by atomic mass is 16.5. The summed E-state index contributed by atoms with van der Waals surface area (Å²) in [5.74, 6) is 1.37. The van der Waals surface area contributed by atoms with E-state index >= 15 is 0 Å². The van der Waals surface area contributed by atoms with Crippen molar-refractivity contribution in [1.82, 2.24) is 0 Å². The van der Waals surface area contributed by atoms with Gasteiger partial charge < -0.3 is 14.9 Å². The molecule has 0 fully saturated rings. The summed E-state index contributed by atoms with van der Waals surface area (Å²) in [5.41, 5.74) is 7.67. The molecule has 0 radical (unpaired) electrons. The molecule has 92 valence electrons. The molecule has 2 rings (SSSR count). The molecule has 0 aliphatic carbocycles. The Morgan fingerprint density at radius 2 is 2.06 bits per heavy atom. The van der Waals surface area contributed by atoms with Crippen molar-refractivity contribution < 1.29 is 9.15 Å². The Morgan fingerprint density at radius 1 is 1.29 bits per heavy atom. The second-order valence-electron chi connectivity index (χ2n) is 4.61. The highest BCUT2D eigenvalue weighted by Crippen LogP contribution is 2.26. The van der Waals surface area contributed by atoms with E-state index in [1.54, 1.807) is 0 Å². The van der Waals surface area contributed by atoms with Crippen LogP contribution < -0.4 is 5.73 Å². The van der Waals surface area contributed by atoms with Crippen molar-refractivity contribution in [1.29, 1.82) is 0 Å². The molecule has 2 aromatic rings. The van der Waals surface area contributed by atoms with Crippen molar-refractivity contribution in [2.75, 3.05) is 6.61 Å². The molecular formula is C14H19NO2. The topological polar surface area (TPSA) is 48.4 Å². The van der Waals surface area contributed by atoms with Gasteiger partial charge in [0.25, 0.3) is 0 Å². The second-order valence-corrected chi connectivity index (χ2v) is 4.61. The van der Waals surface area contributed by atoms with Gasteiger partial charge in [-0.1, -0.05) is 32.0 Å². The lowest BCUT2D eigenvalue weighted by molar-refractivity contribution is 0.0966. The van der Waals surface area contributed by atoms with Crippen LogP contribution in [0, 0.1) is 5.92 Å². The summed E-state index contributed by atoms with van der Waals surface area (Å²) in [6.45, 7) is 6.01. The van der Waals surface area contributed by atoms with Crippen LogP contribution in [0.2, 0.25) is 0 Å². The standard InChI is InChI=1S/C14H19NO2/c1-10(2)8-16-9-12-11-5-3-4-6-13(11)17-14(12)7-15/h3-6,10H,7-9,15H2,1-2H3. The summed E-state index contributed by atoms with van der Waals surface area (Å²) < 4.78 is 11.4. The fourth-order valence-electron chi connectivity index (χ4n) is 1.87. The molecule has 0 saturated carbocycles. The van der Waals surface area contributed by atoms with E-state index in [9.17, 15) is 0 Å². The Bertz CT molecular complexity index is 488. The minimum absolute atomic E-state index is 0.412. The smallest absolute Gasteiger partial charge is 0.134 e. The van der Waals surface area contributed by atoms with Gasteiger partial charge in [-0.05, 0) is 12.0 Å². The van der Waals surface area contributed by atoms with Crippen molar-refractivity contribution in [2.24, 2.45) is 11.7 Å². The Morgan fingerprint density at radius 3 is 2.76 bits per heavy atom. The molecule has 17 heavy (non-hydrogen) atoms. The van der Waals surface area contributed by atoms with Gasteiger partial charge in [0.05, 0.1) is 13.2 Å². The number of ether oxygens (including phenoxy) is 1. The first-order valence-electron chi connectivity index (χ1n) is 5.99. The van der Waals surface area contributed by atoms with E-state index in [0.717, 1.165) is 28.9 Å². The summed E-state index contributed by atoms with van der Waals surface area (Å²) in [6, 6.07) is 7.97. The summed E-state index contributed by atoms with van der Waals surface area (Å²) >= 11 is 0. The zero-order valence-corrected chi connectivity index (χ0v) is 10.4. The van der Waals surface area contributed by atoms with Crippen molar-refractivity contribution in [3.63, 3.8) is 0 Å². The molecule has 0 aliphatic heterocycles. The molecular weight excluding hydrogens is 214 g/mol. The van der Waals surface area contributed by atoms with E-state index in [-0.39, 0.29) is 0 Å². The average Bonchev–Trinajstić information content (AvgIpc) is 2.67. The van der Waals surface area contributed by atoms with Crippen molar-refractivity contribution in [3.05, 3.63) is 35.6 Å². The van der Waals surface area contributed by atoms with Gasteiger partial charge in [0.2, 0.25) is 0 Å². The largest absolute Gasteiger partial charge is 0.459 e. The lowest BCUT2D eigenvalue weighted by Gasteiger charge is -2.06. The molecule has 1 heterocycles. The number of rotatable bonds is 5. The lowest BCUT2D eigenvalue weighted by Crippen LogP contribution is -2.04. The molecule has 0 unspecified atom stereocenters. The Labute approximate surface area is 102 Å². The van der Waals surface area contributed by atoms with E-state index in [0.29, 0.717) is 19.1 Å². The first-order chi connectivity index (χ1) is 8.22. The van der Waals surface area contributed by atoms with Crippen LogP contribution in [-0.2, 0) is 17.9 Å². The monoisotopic (exact) mass is 233 g/mol. The van der Waals surface area contributed by atoms with Gasteiger partial charge in [0.15, 0.2) is 0 Å². The molecule has 2 N–H and O–H groups in total. The molecule has 0 aliphatic rings. The lowest BCUT2D eigenvalue weighted by atomic mass is 10.1. The molecule has 1 aromatic carbocycles. The average molecular weight is 233 g/mol. The molecule has 0 bridgehead atoms. The van der Waals surface area contributed by atoms with Gasteiger partial charge in [0, 0.05) is 17.6 Å². The van der Waals surface area contributed by atoms with Gasteiger partial charge in [-0.2, -0.15) is 0 Å². The van der Waals surface area contributed by atoms with Crippen molar-refractivity contribution >= 4 is 11.0 Å². The molecule has 0 amide bonds. The van der Waals surface area contributed by atoms with E-state index in [4.69, 9.17) is 14.9 Å². The highest BCUT2D eigenvalue weighted by molar-refractivity contribution is 5.82. The molecule has 0 atom stereocenters. The summed E-state index contributed by atoms with van der Waals surface area (Å²) in [7, 11) is 0. The molecule has 3 nitrogen and oxygen atoms in total. The van der Waals surface area contributed by atoms with Gasteiger partial charge in [0.1, 0.15) is 11.3 Å². The van der Waals surface area contributed by atoms with Crippen molar-refractivity contribution in [3.8, 4) is 0 Å². The fourth-order valence-corrected chi connectivity index (χ4v) is 1.87. The fraction of sp³-hybridized carbons (Fsp3) is 0.429. The predicted octanol–water partition coefficient (Wildman–Crippen LogP) is 3.06. The van der Waals surface area contributed by atoms with Crippen LogP contribution in [0.3, 0.4) is 0 Å². The van der Waals surface area contributed by atoms with Crippen LogP contribution in [0.15, 0.2) is 28.7 Å². The Balaban J connectivity index is 2.24. The summed E-state index contributed by atoms with van der Waals surface area (Å²) in [5, 5.41) is 1.11. The molecule has 0 saturated heterocycles. The van der Waals surface area contributed by atoms with E-state index in [2.05, 4.69) is 13.8 Å². The molecule has 0 spiro atoms. The predicted molar refractivity (Wildman–Crippen MR) is 68.6 cm³/mol. The quantitative estimate of drug-likeness (QED) is 0.863. The summed E-state index contributed by atoms with van der Waals surface area (Å²) in [6.07, 6.45) is 0.